The van der Waals surface area contributed by atoms with Gasteiger partial charge in [0.2, 0.25) is 0 Å². The maximum atomic E-state index is 5.94. The van der Waals surface area contributed by atoms with Gasteiger partial charge < -0.3 is 10.6 Å². The van der Waals surface area contributed by atoms with Crippen LogP contribution in [0, 0.1) is 0 Å². The molecule has 2 rings (SSSR count). The highest BCUT2D eigenvalue weighted by atomic mass is 15.3. The van der Waals surface area contributed by atoms with Crippen molar-refractivity contribution in [1.82, 2.24) is 4.90 Å². The molecule has 0 aromatic heterocycles. The maximum absolute atomic E-state index is 5.94. The Labute approximate surface area is 103 Å². The van der Waals surface area contributed by atoms with E-state index in [2.05, 4.69) is 47.1 Å². The molecule has 0 fully saturated rings. The fraction of sp³-hybridized carbons (Fsp3) is 0.500. The first-order valence-corrected chi connectivity index (χ1v) is 6.41. The number of nitrogens with two attached hydrogens (primary N) is 1. The number of hydrogen-bond acceptors (Lipinski definition) is 3. The van der Waals surface area contributed by atoms with Gasteiger partial charge in [-0.05, 0) is 12.0 Å². The first-order chi connectivity index (χ1) is 8.31. The molecule has 1 heterocycles. The van der Waals surface area contributed by atoms with E-state index in [-0.39, 0.29) is 0 Å². The van der Waals surface area contributed by atoms with Crippen molar-refractivity contribution in [3.63, 3.8) is 0 Å². The van der Waals surface area contributed by atoms with Gasteiger partial charge in [0, 0.05) is 19.0 Å². The quantitative estimate of drug-likeness (QED) is 0.863. The van der Waals surface area contributed by atoms with Gasteiger partial charge in [0.1, 0.15) is 0 Å². The number of hydrogen-bond donors (Lipinski definition) is 1. The molecule has 1 atom stereocenters. The average Bonchev–Trinajstić information content (AvgIpc) is 2.39. The number of rotatable bonds is 4. The average molecular weight is 231 g/mol. The maximum Gasteiger partial charge on any atom is 0.191 e. The standard InChI is InChI=1S/C14H21N3/c1-2-3-9-17-11-13(10-16-14(17)15)12-7-5-4-6-8-12/h4-8,13H,2-3,9-11H2,1H3,(H2,15,16). The SMILES string of the molecule is CCCCN1CC(c2ccccc2)CN=C1N. The lowest BCUT2D eigenvalue weighted by Gasteiger charge is -2.32. The zero-order valence-electron chi connectivity index (χ0n) is 10.5. The van der Waals surface area contributed by atoms with E-state index in [1.54, 1.807) is 0 Å². The van der Waals surface area contributed by atoms with Crippen molar-refractivity contribution in [3.8, 4) is 0 Å². The van der Waals surface area contributed by atoms with E-state index < -0.39 is 0 Å². The van der Waals surface area contributed by atoms with E-state index in [1.807, 2.05) is 0 Å². The van der Waals surface area contributed by atoms with Gasteiger partial charge in [-0.2, -0.15) is 0 Å². The predicted octanol–water partition coefficient (Wildman–Crippen LogP) is 2.20. The Morgan fingerprint density at radius 3 is 2.82 bits per heavy atom. The van der Waals surface area contributed by atoms with Gasteiger partial charge in [-0.1, -0.05) is 43.7 Å². The molecule has 0 bridgehead atoms. The van der Waals surface area contributed by atoms with E-state index >= 15 is 0 Å². The molecule has 3 nitrogen and oxygen atoms in total. The van der Waals surface area contributed by atoms with Crippen molar-refractivity contribution in [3.05, 3.63) is 35.9 Å². The van der Waals surface area contributed by atoms with Gasteiger partial charge in [-0.15, -0.1) is 0 Å². The van der Waals surface area contributed by atoms with Crippen molar-refractivity contribution in [1.29, 1.82) is 0 Å². The fourth-order valence-electron chi connectivity index (χ4n) is 2.21. The Kier molecular flexibility index (Phi) is 4.02. The van der Waals surface area contributed by atoms with Crippen LogP contribution in [-0.4, -0.2) is 30.5 Å². The van der Waals surface area contributed by atoms with Crippen molar-refractivity contribution in [2.24, 2.45) is 10.7 Å². The molecule has 3 heteroatoms. The van der Waals surface area contributed by atoms with E-state index in [0.717, 1.165) is 19.6 Å². The van der Waals surface area contributed by atoms with Crippen LogP contribution >= 0.6 is 0 Å². The van der Waals surface area contributed by atoms with Crippen molar-refractivity contribution in [2.75, 3.05) is 19.6 Å². The minimum Gasteiger partial charge on any atom is -0.370 e. The summed E-state index contributed by atoms with van der Waals surface area (Å²) < 4.78 is 0. The minimum atomic E-state index is 0.486. The van der Waals surface area contributed by atoms with Crippen LogP contribution < -0.4 is 5.73 Å². The van der Waals surface area contributed by atoms with Crippen LogP contribution in [0.5, 0.6) is 0 Å². The first kappa shape index (κ1) is 12.0. The molecule has 0 amide bonds. The molecule has 2 N–H and O–H groups in total. The lowest BCUT2D eigenvalue weighted by molar-refractivity contribution is 0.355. The summed E-state index contributed by atoms with van der Waals surface area (Å²) in [4.78, 5) is 6.66. The second-order valence-electron chi connectivity index (χ2n) is 4.61. The normalized spacial score (nSPS) is 20.2. The molecule has 1 aliphatic heterocycles. The van der Waals surface area contributed by atoms with Gasteiger partial charge in [0.15, 0.2) is 5.96 Å². The smallest absolute Gasteiger partial charge is 0.191 e. The summed E-state index contributed by atoms with van der Waals surface area (Å²) in [5.74, 6) is 1.20. The molecule has 0 saturated heterocycles. The second-order valence-corrected chi connectivity index (χ2v) is 4.61. The summed E-state index contributed by atoms with van der Waals surface area (Å²) in [5.41, 5.74) is 7.30. The number of aliphatic imine (C=N–C) groups is 1. The van der Waals surface area contributed by atoms with Crippen molar-refractivity contribution < 1.29 is 0 Å². The summed E-state index contributed by atoms with van der Waals surface area (Å²) in [6, 6.07) is 10.6. The highest BCUT2D eigenvalue weighted by Gasteiger charge is 2.21. The van der Waals surface area contributed by atoms with Gasteiger partial charge in [0.25, 0.3) is 0 Å². The number of guanidine groups is 1. The van der Waals surface area contributed by atoms with Gasteiger partial charge in [0.05, 0.1) is 6.54 Å². The molecule has 0 saturated carbocycles. The van der Waals surface area contributed by atoms with E-state index in [1.165, 1.54) is 18.4 Å². The molecule has 1 aromatic rings. The summed E-state index contributed by atoms with van der Waals surface area (Å²) in [7, 11) is 0. The Bertz CT molecular complexity index is 372. The lowest BCUT2D eigenvalue weighted by Crippen LogP contribution is -2.44. The van der Waals surface area contributed by atoms with E-state index in [4.69, 9.17) is 5.73 Å². The third-order valence-corrected chi connectivity index (χ3v) is 3.29. The molecule has 92 valence electrons. The van der Waals surface area contributed by atoms with Crippen LogP contribution in [-0.2, 0) is 0 Å². The Morgan fingerprint density at radius 2 is 2.12 bits per heavy atom. The monoisotopic (exact) mass is 231 g/mol. The number of nitrogens with zero attached hydrogens (tertiary/aromatic N) is 2. The molecule has 0 aliphatic carbocycles. The molecule has 1 aromatic carbocycles. The minimum absolute atomic E-state index is 0.486. The van der Waals surface area contributed by atoms with Crippen LogP contribution in [0.4, 0.5) is 0 Å². The van der Waals surface area contributed by atoms with Crippen LogP contribution in [0.3, 0.4) is 0 Å². The van der Waals surface area contributed by atoms with Gasteiger partial charge in [-0.25, -0.2) is 0 Å². The largest absolute Gasteiger partial charge is 0.370 e. The summed E-state index contributed by atoms with van der Waals surface area (Å²) in [6.45, 7) is 5.04. The summed E-state index contributed by atoms with van der Waals surface area (Å²) in [6.07, 6.45) is 2.37. The predicted molar refractivity (Wildman–Crippen MR) is 72.2 cm³/mol. The highest BCUT2D eigenvalue weighted by Crippen LogP contribution is 2.20. The van der Waals surface area contributed by atoms with E-state index in [9.17, 15) is 0 Å². The van der Waals surface area contributed by atoms with E-state index in [0.29, 0.717) is 11.9 Å². The molecule has 0 spiro atoms. The third kappa shape index (κ3) is 2.99. The van der Waals surface area contributed by atoms with Crippen molar-refractivity contribution >= 4 is 5.96 Å². The van der Waals surface area contributed by atoms with Crippen LogP contribution in [0.25, 0.3) is 0 Å². The molecule has 17 heavy (non-hydrogen) atoms. The van der Waals surface area contributed by atoms with Crippen LogP contribution in [0.15, 0.2) is 35.3 Å². The molecule has 1 aliphatic rings. The fourth-order valence-corrected chi connectivity index (χ4v) is 2.21. The number of benzene rings is 1. The second kappa shape index (κ2) is 5.71. The zero-order chi connectivity index (χ0) is 12.1. The topological polar surface area (TPSA) is 41.6 Å². The zero-order valence-corrected chi connectivity index (χ0v) is 10.5. The van der Waals surface area contributed by atoms with Crippen LogP contribution in [0.2, 0.25) is 0 Å². The Morgan fingerprint density at radius 1 is 1.35 bits per heavy atom. The molecule has 0 radical (unpaired) electrons. The molecular formula is C14H21N3. The first-order valence-electron chi connectivity index (χ1n) is 6.41. The molecule has 1 unspecified atom stereocenters. The summed E-state index contributed by atoms with van der Waals surface area (Å²) in [5, 5.41) is 0. The lowest BCUT2D eigenvalue weighted by atomic mass is 9.97. The highest BCUT2D eigenvalue weighted by molar-refractivity contribution is 5.78. The van der Waals surface area contributed by atoms with Crippen molar-refractivity contribution in [2.45, 2.75) is 25.7 Å². The van der Waals surface area contributed by atoms with Gasteiger partial charge in [-0.3, -0.25) is 4.99 Å². The Hall–Kier alpha value is -1.51. The molecular weight excluding hydrogens is 210 g/mol. The Balaban J connectivity index is 2.04. The number of unbranched alkanes of at least 4 members (excludes halogenated alkanes) is 1. The van der Waals surface area contributed by atoms with Crippen LogP contribution in [0.1, 0.15) is 31.2 Å². The summed E-state index contributed by atoms with van der Waals surface area (Å²) >= 11 is 0. The van der Waals surface area contributed by atoms with Gasteiger partial charge >= 0.3 is 0 Å². The third-order valence-electron chi connectivity index (χ3n) is 3.29.